The highest BCUT2D eigenvalue weighted by Crippen LogP contribution is 2.32. The number of rotatable bonds is 3. The van der Waals surface area contributed by atoms with Gasteiger partial charge < -0.3 is 4.74 Å². The molecule has 0 saturated heterocycles. The molecule has 3 nitrogen and oxygen atoms in total. The van der Waals surface area contributed by atoms with Crippen LogP contribution in [0.4, 0.5) is 0 Å². The zero-order valence-electron chi connectivity index (χ0n) is 9.90. The Morgan fingerprint density at radius 1 is 1.05 bits per heavy atom. The Kier molecular flexibility index (Phi) is 4.65. The number of aldehydes is 1. The topological polar surface area (TPSA) is 43.4 Å². The zero-order valence-corrected chi connectivity index (χ0v) is 12.2. The lowest BCUT2D eigenvalue weighted by atomic mass is 10.2. The van der Waals surface area contributed by atoms with Gasteiger partial charge in [0.2, 0.25) is 0 Å². The van der Waals surface area contributed by atoms with Crippen LogP contribution >= 0.6 is 34.8 Å². The van der Waals surface area contributed by atoms with Crippen molar-refractivity contribution >= 4 is 47.1 Å². The van der Waals surface area contributed by atoms with Gasteiger partial charge in [0.1, 0.15) is 0 Å². The average Bonchev–Trinajstić information content (AvgIpc) is 2.41. The number of ether oxygens (including phenoxy) is 1. The molecule has 0 aliphatic carbocycles. The van der Waals surface area contributed by atoms with Crippen molar-refractivity contribution in [2.24, 2.45) is 0 Å². The predicted molar refractivity (Wildman–Crippen MR) is 78.3 cm³/mol. The molecule has 0 unspecified atom stereocenters. The normalized spacial score (nSPS) is 10.2. The Balaban J connectivity index is 2.35. The van der Waals surface area contributed by atoms with Crippen molar-refractivity contribution in [1.82, 2.24) is 0 Å². The van der Waals surface area contributed by atoms with Gasteiger partial charge in [0.05, 0.1) is 16.1 Å². The highest BCUT2D eigenvalue weighted by atomic mass is 35.5. The molecule has 0 spiro atoms. The first-order valence-corrected chi connectivity index (χ1v) is 6.56. The highest BCUT2D eigenvalue weighted by Gasteiger charge is 2.16. The number of halogens is 3. The van der Waals surface area contributed by atoms with E-state index in [1.807, 2.05) is 0 Å². The molecule has 0 fully saturated rings. The van der Waals surface area contributed by atoms with Crippen LogP contribution in [0.1, 0.15) is 20.7 Å². The zero-order chi connectivity index (χ0) is 14.7. The molecular weight excluding hydrogens is 323 g/mol. The number of benzene rings is 2. The van der Waals surface area contributed by atoms with Crippen LogP contribution < -0.4 is 4.74 Å². The molecular formula is C14H7Cl3O3. The minimum atomic E-state index is -0.667. The van der Waals surface area contributed by atoms with Gasteiger partial charge in [-0.05, 0) is 30.3 Å². The largest absolute Gasteiger partial charge is 0.421 e. The van der Waals surface area contributed by atoms with Gasteiger partial charge in [0.25, 0.3) is 0 Å². The molecule has 2 aromatic carbocycles. The van der Waals surface area contributed by atoms with E-state index in [2.05, 4.69) is 0 Å². The van der Waals surface area contributed by atoms with E-state index in [1.165, 1.54) is 18.2 Å². The standard InChI is InChI=1S/C14H7Cl3O3/c15-10-3-1-2-8(4-10)14(19)20-13-9(7-18)5-11(16)6-12(13)17/h1-7H. The first-order valence-electron chi connectivity index (χ1n) is 5.43. The van der Waals surface area contributed by atoms with Crippen molar-refractivity contribution in [3.63, 3.8) is 0 Å². The highest BCUT2D eigenvalue weighted by molar-refractivity contribution is 6.36. The molecule has 0 atom stereocenters. The Hall–Kier alpha value is -1.55. The summed E-state index contributed by atoms with van der Waals surface area (Å²) >= 11 is 17.5. The summed E-state index contributed by atoms with van der Waals surface area (Å²) in [5.74, 6) is -0.698. The first kappa shape index (κ1) is 14.9. The number of carbonyl (C=O) groups excluding carboxylic acids is 2. The lowest BCUT2D eigenvalue weighted by molar-refractivity contribution is 0.0733. The lowest BCUT2D eigenvalue weighted by Gasteiger charge is -2.09. The maximum atomic E-state index is 12.0. The van der Waals surface area contributed by atoms with E-state index < -0.39 is 5.97 Å². The molecule has 0 N–H and O–H groups in total. The Morgan fingerprint density at radius 3 is 2.45 bits per heavy atom. The summed E-state index contributed by atoms with van der Waals surface area (Å²) in [4.78, 5) is 23.0. The maximum Gasteiger partial charge on any atom is 0.343 e. The van der Waals surface area contributed by atoms with Crippen LogP contribution in [0.15, 0.2) is 36.4 Å². The molecule has 2 rings (SSSR count). The molecule has 20 heavy (non-hydrogen) atoms. The summed E-state index contributed by atoms with van der Waals surface area (Å²) in [5, 5.41) is 0.756. The van der Waals surface area contributed by atoms with Crippen LogP contribution in [0.2, 0.25) is 15.1 Å². The molecule has 2 aromatic rings. The van der Waals surface area contributed by atoms with E-state index in [4.69, 9.17) is 39.5 Å². The quantitative estimate of drug-likeness (QED) is 0.466. The molecule has 0 bridgehead atoms. The fourth-order valence-electron chi connectivity index (χ4n) is 1.54. The number of esters is 1. The second kappa shape index (κ2) is 6.27. The van der Waals surface area contributed by atoms with Crippen LogP contribution in [-0.4, -0.2) is 12.3 Å². The predicted octanol–water partition coefficient (Wildman–Crippen LogP) is 4.68. The molecule has 0 aromatic heterocycles. The van der Waals surface area contributed by atoms with E-state index in [0.717, 1.165) is 0 Å². The molecule has 102 valence electrons. The van der Waals surface area contributed by atoms with Crippen LogP contribution in [0.25, 0.3) is 0 Å². The van der Waals surface area contributed by atoms with Crippen molar-refractivity contribution in [1.29, 1.82) is 0 Å². The van der Waals surface area contributed by atoms with Gasteiger partial charge in [0.15, 0.2) is 12.0 Å². The number of hydrogen-bond donors (Lipinski definition) is 0. The summed E-state index contributed by atoms with van der Waals surface area (Å²) in [6.45, 7) is 0. The Labute approximate surface area is 130 Å². The Bertz CT molecular complexity index is 683. The van der Waals surface area contributed by atoms with E-state index in [1.54, 1.807) is 18.2 Å². The van der Waals surface area contributed by atoms with E-state index in [-0.39, 0.29) is 26.9 Å². The van der Waals surface area contributed by atoms with Crippen LogP contribution in [0.5, 0.6) is 5.75 Å². The monoisotopic (exact) mass is 328 g/mol. The van der Waals surface area contributed by atoms with Gasteiger partial charge in [-0.2, -0.15) is 0 Å². The molecule has 0 saturated carbocycles. The molecule has 0 amide bonds. The molecule has 0 radical (unpaired) electrons. The van der Waals surface area contributed by atoms with Crippen molar-refractivity contribution < 1.29 is 14.3 Å². The van der Waals surface area contributed by atoms with E-state index >= 15 is 0 Å². The van der Waals surface area contributed by atoms with Crippen molar-refractivity contribution in [3.05, 3.63) is 62.6 Å². The molecule has 0 aliphatic rings. The summed E-state index contributed by atoms with van der Waals surface area (Å²) in [7, 11) is 0. The SMILES string of the molecule is O=Cc1cc(Cl)cc(Cl)c1OC(=O)c1cccc(Cl)c1. The lowest BCUT2D eigenvalue weighted by Crippen LogP contribution is -2.10. The maximum absolute atomic E-state index is 12.0. The van der Waals surface area contributed by atoms with Gasteiger partial charge in [-0.3, -0.25) is 4.79 Å². The van der Waals surface area contributed by atoms with Crippen molar-refractivity contribution in [3.8, 4) is 5.75 Å². The van der Waals surface area contributed by atoms with Crippen LogP contribution in [-0.2, 0) is 0 Å². The minimum absolute atomic E-state index is 0.0314. The summed E-state index contributed by atoms with van der Waals surface area (Å²) in [5.41, 5.74) is 0.346. The van der Waals surface area contributed by atoms with Crippen LogP contribution in [0, 0.1) is 0 Å². The first-order chi connectivity index (χ1) is 9.51. The molecule has 0 heterocycles. The minimum Gasteiger partial charge on any atom is -0.421 e. The van der Waals surface area contributed by atoms with E-state index in [9.17, 15) is 9.59 Å². The molecule has 0 aliphatic heterocycles. The number of carbonyl (C=O) groups is 2. The van der Waals surface area contributed by atoms with Gasteiger partial charge in [0, 0.05) is 10.0 Å². The second-order valence-electron chi connectivity index (χ2n) is 3.82. The van der Waals surface area contributed by atoms with Crippen molar-refractivity contribution in [2.75, 3.05) is 0 Å². The Morgan fingerprint density at radius 2 is 1.80 bits per heavy atom. The third-order valence-corrected chi connectivity index (χ3v) is 3.15. The summed E-state index contributed by atoms with van der Waals surface area (Å²) in [6.07, 6.45) is 0.512. The van der Waals surface area contributed by atoms with E-state index in [0.29, 0.717) is 11.3 Å². The van der Waals surface area contributed by atoms with Gasteiger partial charge in [-0.1, -0.05) is 40.9 Å². The molecule has 6 heteroatoms. The van der Waals surface area contributed by atoms with Gasteiger partial charge in [-0.25, -0.2) is 4.79 Å². The fraction of sp³-hybridized carbons (Fsp3) is 0. The number of hydrogen-bond acceptors (Lipinski definition) is 3. The van der Waals surface area contributed by atoms with Gasteiger partial charge in [-0.15, -0.1) is 0 Å². The third-order valence-electron chi connectivity index (χ3n) is 2.42. The van der Waals surface area contributed by atoms with Crippen molar-refractivity contribution in [2.45, 2.75) is 0 Å². The second-order valence-corrected chi connectivity index (χ2v) is 5.10. The fourth-order valence-corrected chi connectivity index (χ4v) is 2.28. The smallest absolute Gasteiger partial charge is 0.343 e. The van der Waals surface area contributed by atoms with Gasteiger partial charge >= 0.3 is 5.97 Å². The summed E-state index contributed by atoms with van der Waals surface area (Å²) < 4.78 is 5.14. The third kappa shape index (κ3) is 3.31. The van der Waals surface area contributed by atoms with Crippen LogP contribution in [0.3, 0.4) is 0 Å². The summed E-state index contributed by atoms with van der Waals surface area (Å²) in [6, 6.07) is 8.98. The average molecular weight is 330 g/mol.